The highest BCUT2D eigenvalue weighted by Gasteiger charge is 2.26. The Kier molecular flexibility index (Phi) is 3.81. The summed E-state index contributed by atoms with van der Waals surface area (Å²) < 4.78 is 18.3. The molecule has 0 aromatic heterocycles. The van der Waals surface area contributed by atoms with Crippen LogP contribution in [0.5, 0.6) is 5.75 Å². The summed E-state index contributed by atoms with van der Waals surface area (Å²) in [7, 11) is 1.55. The predicted octanol–water partition coefficient (Wildman–Crippen LogP) is 0.936. The zero-order chi connectivity index (χ0) is 13.1. The molecular weight excluding hydrogens is 235 g/mol. The van der Waals surface area contributed by atoms with Crippen molar-refractivity contribution in [2.24, 2.45) is 5.73 Å². The quantitative estimate of drug-likeness (QED) is 0.867. The Morgan fingerprint density at radius 1 is 1.56 bits per heavy atom. The molecular formula is C13H17FN2O2. The molecule has 2 N–H and O–H groups in total. The molecule has 1 heterocycles. The number of halogens is 1. The number of benzene rings is 1. The third-order valence-electron chi connectivity index (χ3n) is 3.14. The largest absolute Gasteiger partial charge is 0.496 e. The lowest BCUT2D eigenvalue weighted by Crippen LogP contribution is -2.30. The summed E-state index contributed by atoms with van der Waals surface area (Å²) in [6, 6.07) is 4.33. The second kappa shape index (κ2) is 5.35. The first-order valence-corrected chi connectivity index (χ1v) is 5.96. The molecule has 1 saturated heterocycles. The van der Waals surface area contributed by atoms with Crippen LogP contribution in [-0.4, -0.2) is 37.0 Å². The molecule has 1 atom stereocenters. The fourth-order valence-electron chi connectivity index (χ4n) is 2.22. The van der Waals surface area contributed by atoms with Crippen molar-refractivity contribution >= 4 is 5.91 Å². The van der Waals surface area contributed by atoms with Gasteiger partial charge in [0.25, 0.3) is 0 Å². The van der Waals surface area contributed by atoms with Gasteiger partial charge in [0.05, 0.1) is 7.11 Å². The van der Waals surface area contributed by atoms with Crippen LogP contribution in [0.4, 0.5) is 4.39 Å². The van der Waals surface area contributed by atoms with Crippen LogP contribution >= 0.6 is 0 Å². The van der Waals surface area contributed by atoms with Crippen LogP contribution < -0.4 is 10.5 Å². The smallest absolute Gasteiger partial charge is 0.224 e. The zero-order valence-electron chi connectivity index (χ0n) is 10.4. The van der Waals surface area contributed by atoms with Crippen LogP contribution in [0, 0.1) is 5.82 Å². The number of nitrogens with two attached hydrogens (primary N) is 1. The SMILES string of the molecule is COc1ccc(F)cc1CCN1CC(N)CC1=O. The van der Waals surface area contributed by atoms with Gasteiger partial charge in [-0.25, -0.2) is 4.39 Å². The molecule has 5 heteroatoms. The lowest BCUT2D eigenvalue weighted by Gasteiger charge is -2.17. The first-order valence-electron chi connectivity index (χ1n) is 5.96. The van der Waals surface area contributed by atoms with E-state index in [0.717, 1.165) is 5.56 Å². The Bertz CT molecular complexity index is 451. The van der Waals surface area contributed by atoms with Crippen molar-refractivity contribution in [3.8, 4) is 5.75 Å². The van der Waals surface area contributed by atoms with E-state index < -0.39 is 0 Å². The number of nitrogens with zero attached hydrogens (tertiary/aromatic N) is 1. The molecule has 1 aliphatic rings. The van der Waals surface area contributed by atoms with E-state index in [4.69, 9.17) is 10.5 Å². The second-order valence-electron chi connectivity index (χ2n) is 4.51. The summed E-state index contributed by atoms with van der Waals surface area (Å²) in [5.41, 5.74) is 6.49. The maximum Gasteiger partial charge on any atom is 0.224 e. The van der Waals surface area contributed by atoms with E-state index in [0.29, 0.717) is 31.7 Å². The molecule has 0 saturated carbocycles. The Morgan fingerprint density at radius 2 is 2.33 bits per heavy atom. The molecule has 1 aromatic carbocycles. The maximum atomic E-state index is 13.2. The molecule has 0 spiro atoms. The highest BCUT2D eigenvalue weighted by Crippen LogP contribution is 2.21. The zero-order valence-corrected chi connectivity index (χ0v) is 10.4. The maximum absolute atomic E-state index is 13.2. The third kappa shape index (κ3) is 2.79. The van der Waals surface area contributed by atoms with E-state index in [1.54, 1.807) is 18.1 Å². The van der Waals surface area contributed by atoms with Crippen molar-refractivity contribution in [3.05, 3.63) is 29.6 Å². The Labute approximate surface area is 106 Å². The minimum atomic E-state index is -0.296. The molecule has 98 valence electrons. The predicted molar refractivity (Wildman–Crippen MR) is 65.8 cm³/mol. The summed E-state index contributed by atoms with van der Waals surface area (Å²) in [6.45, 7) is 1.13. The lowest BCUT2D eigenvalue weighted by molar-refractivity contribution is -0.127. The number of rotatable bonds is 4. The summed E-state index contributed by atoms with van der Waals surface area (Å²) >= 11 is 0. The van der Waals surface area contributed by atoms with Gasteiger partial charge in [-0.2, -0.15) is 0 Å². The Morgan fingerprint density at radius 3 is 2.94 bits per heavy atom. The van der Waals surface area contributed by atoms with Gasteiger partial charge in [-0.05, 0) is 30.2 Å². The van der Waals surface area contributed by atoms with E-state index in [1.165, 1.54) is 12.1 Å². The monoisotopic (exact) mass is 252 g/mol. The van der Waals surface area contributed by atoms with Crippen molar-refractivity contribution in [2.75, 3.05) is 20.2 Å². The van der Waals surface area contributed by atoms with Gasteiger partial charge in [0.2, 0.25) is 5.91 Å². The lowest BCUT2D eigenvalue weighted by atomic mass is 10.1. The van der Waals surface area contributed by atoms with Gasteiger partial charge in [0.15, 0.2) is 0 Å². The molecule has 0 radical (unpaired) electrons. The number of hydrogen-bond acceptors (Lipinski definition) is 3. The van der Waals surface area contributed by atoms with Crippen LogP contribution in [0.1, 0.15) is 12.0 Å². The topological polar surface area (TPSA) is 55.6 Å². The van der Waals surface area contributed by atoms with E-state index >= 15 is 0 Å². The summed E-state index contributed by atoms with van der Waals surface area (Å²) in [4.78, 5) is 13.3. The number of hydrogen-bond donors (Lipinski definition) is 1. The fraction of sp³-hybridized carbons (Fsp3) is 0.462. The Hall–Kier alpha value is -1.62. The summed E-state index contributed by atoms with van der Waals surface area (Å²) in [5, 5.41) is 0. The number of ether oxygens (including phenoxy) is 1. The number of likely N-dealkylation sites (tertiary alicyclic amines) is 1. The summed E-state index contributed by atoms with van der Waals surface area (Å²) in [6.07, 6.45) is 0.972. The van der Waals surface area contributed by atoms with Crippen molar-refractivity contribution in [3.63, 3.8) is 0 Å². The number of amides is 1. The van der Waals surface area contributed by atoms with E-state index in [9.17, 15) is 9.18 Å². The molecule has 1 aromatic rings. The highest BCUT2D eigenvalue weighted by atomic mass is 19.1. The van der Waals surface area contributed by atoms with Gasteiger partial charge in [-0.3, -0.25) is 4.79 Å². The molecule has 0 aliphatic carbocycles. The van der Waals surface area contributed by atoms with Gasteiger partial charge >= 0.3 is 0 Å². The minimum Gasteiger partial charge on any atom is -0.496 e. The number of carbonyl (C=O) groups excluding carboxylic acids is 1. The van der Waals surface area contributed by atoms with Crippen LogP contribution in [0.2, 0.25) is 0 Å². The molecule has 1 fully saturated rings. The fourth-order valence-corrected chi connectivity index (χ4v) is 2.22. The van der Waals surface area contributed by atoms with Crippen molar-refractivity contribution < 1.29 is 13.9 Å². The van der Waals surface area contributed by atoms with Gasteiger partial charge < -0.3 is 15.4 Å². The van der Waals surface area contributed by atoms with Crippen molar-refractivity contribution in [1.82, 2.24) is 4.90 Å². The summed E-state index contributed by atoms with van der Waals surface area (Å²) in [5.74, 6) is 0.417. The Balaban J connectivity index is 2.01. The van der Waals surface area contributed by atoms with Crippen molar-refractivity contribution in [2.45, 2.75) is 18.9 Å². The van der Waals surface area contributed by atoms with E-state index in [1.807, 2.05) is 0 Å². The van der Waals surface area contributed by atoms with Crippen LogP contribution in [-0.2, 0) is 11.2 Å². The minimum absolute atomic E-state index is 0.0675. The number of carbonyl (C=O) groups is 1. The average molecular weight is 252 g/mol. The molecule has 4 nitrogen and oxygen atoms in total. The van der Waals surface area contributed by atoms with E-state index in [2.05, 4.69) is 0 Å². The average Bonchev–Trinajstić information content (AvgIpc) is 2.65. The molecule has 1 aliphatic heterocycles. The molecule has 1 amide bonds. The van der Waals surface area contributed by atoms with Crippen LogP contribution in [0.15, 0.2) is 18.2 Å². The van der Waals surface area contributed by atoms with E-state index in [-0.39, 0.29) is 17.8 Å². The van der Waals surface area contributed by atoms with Gasteiger partial charge in [-0.15, -0.1) is 0 Å². The van der Waals surface area contributed by atoms with Gasteiger partial charge in [0, 0.05) is 25.6 Å². The molecule has 18 heavy (non-hydrogen) atoms. The van der Waals surface area contributed by atoms with Gasteiger partial charge in [-0.1, -0.05) is 0 Å². The van der Waals surface area contributed by atoms with Crippen molar-refractivity contribution in [1.29, 1.82) is 0 Å². The first kappa shape index (κ1) is 12.8. The molecule has 1 unspecified atom stereocenters. The number of methoxy groups -OCH3 is 1. The van der Waals surface area contributed by atoms with Gasteiger partial charge in [0.1, 0.15) is 11.6 Å². The second-order valence-corrected chi connectivity index (χ2v) is 4.51. The van der Waals surface area contributed by atoms with Crippen LogP contribution in [0.25, 0.3) is 0 Å². The normalized spacial score (nSPS) is 19.4. The van der Waals surface area contributed by atoms with Crippen LogP contribution in [0.3, 0.4) is 0 Å². The first-order chi connectivity index (χ1) is 8.60. The third-order valence-corrected chi connectivity index (χ3v) is 3.14. The molecule has 0 bridgehead atoms. The highest BCUT2D eigenvalue weighted by molar-refractivity contribution is 5.79. The standard InChI is InChI=1S/C13H17FN2O2/c1-18-12-3-2-10(14)6-9(12)4-5-16-8-11(15)7-13(16)17/h2-3,6,11H,4-5,7-8,15H2,1H3. The molecule has 2 rings (SSSR count).